The van der Waals surface area contributed by atoms with Gasteiger partial charge < -0.3 is 5.11 Å². The SMILES string of the molecule is CCc1cc(SC[Si](C)(C)c2cccs2)cc(CC)c1O. The third-order valence-corrected chi connectivity index (χ3v) is 12.0. The second-order valence-corrected chi connectivity index (χ2v) is 13.5. The molecule has 0 saturated carbocycles. The van der Waals surface area contributed by atoms with E-state index in [4.69, 9.17) is 0 Å². The second kappa shape index (κ2) is 7.03. The monoisotopic (exact) mass is 336 g/mol. The van der Waals surface area contributed by atoms with Gasteiger partial charge in [0.05, 0.1) is 0 Å². The highest BCUT2D eigenvalue weighted by atomic mass is 32.2. The molecule has 2 rings (SSSR count). The lowest BCUT2D eigenvalue weighted by molar-refractivity contribution is 0.461. The molecule has 0 aliphatic carbocycles. The highest BCUT2D eigenvalue weighted by Crippen LogP contribution is 2.31. The van der Waals surface area contributed by atoms with Crippen molar-refractivity contribution < 1.29 is 5.11 Å². The van der Waals surface area contributed by atoms with Gasteiger partial charge >= 0.3 is 0 Å². The summed E-state index contributed by atoms with van der Waals surface area (Å²) in [4.78, 5) is 1.30. The summed E-state index contributed by atoms with van der Waals surface area (Å²) in [7, 11) is -1.36. The lowest BCUT2D eigenvalue weighted by Gasteiger charge is -2.20. The Morgan fingerprint density at radius 2 is 1.76 bits per heavy atom. The first-order valence-electron chi connectivity index (χ1n) is 7.49. The summed E-state index contributed by atoms with van der Waals surface area (Å²) in [5.74, 6) is 0.499. The summed E-state index contributed by atoms with van der Waals surface area (Å²) < 4.78 is 1.57. The number of aromatic hydroxyl groups is 1. The largest absolute Gasteiger partial charge is 0.507 e. The van der Waals surface area contributed by atoms with E-state index in [1.165, 1.54) is 10.3 Å². The normalized spacial score (nSPS) is 11.8. The molecule has 0 bridgehead atoms. The molecule has 1 aromatic heterocycles. The second-order valence-electron chi connectivity index (χ2n) is 5.95. The van der Waals surface area contributed by atoms with Crippen LogP contribution >= 0.6 is 23.1 Å². The van der Waals surface area contributed by atoms with Gasteiger partial charge in [0.1, 0.15) is 13.8 Å². The van der Waals surface area contributed by atoms with Gasteiger partial charge in [-0.05, 0) is 51.4 Å². The van der Waals surface area contributed by atoms with Gasteiger partial charge in [0.25, 0.3) is 0 Å². The molecular weight excluding hydrogens is 312 g/mol. The van der Waals surface area contributed by atoms with Gasteiger partial charge in [-0.15, -0.1) is 11.8 Å². The van der Waals surface area contributed by atoms with Crippen molar-refractivity contribution in [3.8, 4) is 5.75 Å². The minimum absolute atomic E-state index is 0.499. The van der Waals surface area contributed by atoms with Crippen molar-refractivity contribution in [1.29, 1.82) is 0 Å². The topological polar surface area (TPSA) is 20.2 Å². The van der Waals surface area contributed by atoms with Crippen molar-refractivity contribution in [2.24, 2.45) is 0 Å². The first-order chi connectivity index (χ1) is 9.97. The number of phenolic OH excluding ortho intramolecular Hbond substituents is 1. The van der Waals surface area contributed by atoms with Crippen molar-refractivity contribution in [1.82, 2.24) is 0 Å². The maximum atomic E-state index is 10.2. The number of aryl methyl sites for hydroxylation is 2. The van der Waals surface area contributed by atoms with Crippen LogP contribution in [0.1, 0.15) is 25.0 Å². The van der Waals surface area contributed by atoms with Crippen molar-refractivity contribution >= 4 is 35.7 Å². The zero-order chi connectivity index (χ0) is 15.5. The highest BCUT2D eigenvalue weighted by Gasteiger charge is 2.25. The van der Waals surface area contributed by atoms with Crippen LogP contribution in [0.2, 0.25) is 13.1 Å². The van der Waals surface area contributed by atoms with Crippen LogP contribution < -0.4 is 4.50 Å². The van der Waals surface area contributed by atoms with Crippen LogP contribution in [0.15, 0.2) is 34.5 Å². The average molecular weight is 337 g/mol. The van der Waals surface area contributed by atoms with Gasteiger partial charge in [-0.3, -0.25) is 0 Å². The molecule has 0 spiro atoms. The Labute approximate surface area is 137 Å². The van der Waals surface area contributed by atoms with Crippen LogP contribution in [0.5, 0.6) is 5.75 Å². The Morgan fingerprint density at radius 3 is 2.24 bits per heavy atom. The van der Waals surface area contributed by atoms with Gasteiger partial charge in [0.15, 0.2) is 0 Å². The first kappa shape index (κ1) is 16.7. The van der Waals surface area contributed by atoms with E-state index in [9.17, 15) is 5.11 Å². The summed E-state index contributed by atoms with van der Waals surface area (Å²) in [5.41, 5.74) is 2.15. The first-order valence-corrected chi connectivity index (χ1v) is 12.6. The number of thiophene rings is 1. The Balaban J connectivity index is 2.17. The van der Waals surface area contributed by atoms with Gasteiger partial charge in [-0.1, -0.05) is 39.1 Å². The van der Waals surface area contributed by atoms with Crippen LogP contribution in [-0.2, 0) is 12.8 Å². The molecule has 1 nitrogen and oxygen atoms in total. The standard InChI is InChI=1S/C17H24OS2Si/c1-5-13-10-15(11-14(6-2)17(13)18)20-12-21(3,4)16-8-7-9-19-16/h7-11,18H,5-6,12H2,1-4H3. The van der Waals surface area contributed by atoms with Crippen molar-refractivity contribution in [3.05, 3.63) is 40.8 Å². The quantitative estimate of drug-likeness (QED) is 0.602. The van der Waals surface area contributed by atoms with E-state index in [0.29, 0.717) is 5.75 Å². The van der Waals surface area contributed by atoms with Crippen molar-refractivity contribution in [2.75, 3.05) is 5.38 Å². The van der Waals surface area contributed by atoms with Crippen molar-refractivity contribution in [2.45, 2.75) is 44.7 Å². The minimum atomic E-state index is -1.36. The molecule has 0 unspecified atom stereocenters. The number of phenols is 1. The molecule has 0 fully saturated rings. The number of benzene rings is 1. The number of thioether (sulfide) groups is 1. The fourth-order valence-corrected chi connectivity index (χ4v) is 8.50. The van der Waals surface area contributed by atoms with Crippen LogP contribution in [-0.4, -0.2) is 18.6 Å². The van der Waals surface area contributed by atoms with E-state index >= 15 is 0 Å². The maximum Gasteiger partial charge on any atom is 0.122 e. The number of hydrogen-bond acceptors (Lipinski definition) is 3. The van der Waals surface area contributed by atoms with Crippen LogP contribution in [0, 0.1) is 0 Å². The van der Waals surface area contributed by atoms with Crippen LogP contribution in [0.3, 0.4) is 0 Å². The van der Waals surface area contributed by atoms with E-state index in [2.05, 4.69) is 56.6 Å². The summed E-state index contributed by atoms with van der Waals surface area (Å²) in [6.07, 6.45) is 1.78. The molecule has 1 N–H and O–H groups in total. The van der Waals surface area contributed by atoms with Crippen LogP contribution in [0.4, 0.5) is 0 Å². The lowest BCUT2D eigenvalue weighted by Crippen LogP contribution is -2.42. The molecule has 0 saturated heterocycles. The third kappa shape index (κ3) is 3.93. The van der Waals surface area contributed by atoms with E-state index < -0.39 is 8.07 Å². The minimum Gasteiger partial charge on any atom is -0.507 e. The maximum absolute atomic E-state index is 10.2. The Morgan fingerprint density at radius 1 is 1.14 bits per heavy atom. The van der Waals surface area contributed by atoms with Gasteiger partial charge in [0.2, 0.25) is 0 Å². The van der Waals surface area contributed by atoms with E-state index in [1.54, 1.807) is 4.50 Å². The summed E-state index contributed by atoms with van der Waals surface area (Å²) in [5, 5.41) is 13.6. The molecule has 1 heterocycles. The Kier molecular flexibility index (Phi) is 5.58. The third-order valence-electron chi connectivity index (χ3n) is 3.79. The highest BCUT2D eigenvalue weighted by molar-refractivity contribution is 8.01. The molecular formula is C17H24OS2Si. The smallest absolute Gasteiger partial charge is 0.122 e. The Hall–Kier alpha value is -0.713. The lowest BCUT2D eigenvalue weighted by atomic mass is 10.1. The van der Waals surface area contributed by atoms with Gasteiger partial charge in [0, 0.05) is 4.90 Å². The molecule has 0 atom stereocenters. The number of hydrogen-bond donors (Lipinski definition) is 1. The predicted octanol–water partition coefficient (Wildman–Crippen LogP) is 4.83. The fraction of sp³-hybridized carbons (Fsp3) is 0.412. The van der Waals surface area contributed by atoms with E-state index in [0.717, 1.165) is 24.0 Å². The molecule has 0 aliphatic rings. The molecule has 1 aromatic carbocycles. The fourth-order valence-electron chi connectivity index (χ4n) is 2.35. The molecule has 0 aliphatic heterocycles. The molecule has 0 radical (unpaired) electrons. The van der Waals surface area contributed by atoms with Gasteiger partial charge in [-0.2, -0.15) is 11.3 Å². The molecule has 4 heteroatoms. The summed E-state index contributed by atoms with van der Waals surface area (Å²) in [6, 6.07) is 8.77. The summed E-state index contributed by atoms with van der Waals surface area (Å²) >= 11 is 3.84. The van der Waals surface area contributed by atoms with Gasteiger partial charge in [-0.25, -0.2) is 0 Å². The van der Waals surface area contributed by atoms with E-state index in [-0.39, 0.29) is 0 Å². The average Bonchev–Trinajstić information content (AvgIpc) is 3.01. The Bertz CT molecular complexity index is 566. The van der Waals surface area contributed by atoms with Crippen LogP contribution in [0.25, 0.3) is 0 Å². The molecule has 114 valence electrons. The molecule has 0 amide bonds. The zero-order valence-corrected chi connectivity index (χ0v) is 15.9. The van der Waals surface area contributed by atoms with E-state index in [1.807, 2.05) is 23.1 Å². The van der Waals surface area contributed by atoms with Crippen molar-refractivity contribution in [3.63, 3.8) is 0 Å². The summed E-state index contributed by atoms with van der Waals surface area (Å²) in [6.45, 7) is 9.09. The molecule has 21 heavy (non-hydrogen) atoms. The predicted molar refractivity (Wildman–Crippen MR) is 99.0 cm³/mol. The number of rotatable bonds is 6. The molecule has 2 aromatic rings. The zero-order valence-electron chi connectivity index (χ0n) is 13.3.